The summed E-state index contributed by atoms with van der Waals surface area (Å²) in [4.78, 5) is 4.07. The smallest absolute Gasteiger partial charge is 0.141 e. The van der Waals surface area contributed by atoms with Crippen LogP contribution in [0.25, 0.3) is 0 Å². The van der Waals surface area contributed by atoms with Crippen molar-refractivity contribution in [2.45, 2.75) is 6.61 Å². The van der Waals surface area contributed by atoms with Crippen molar-refractivity contribution in [2.75, 3.05) is 5.32 Å². The maximum atomic E-state index is 13.1. The summed E-state index contributed by atoms with van der Waals surface area (Å²) in [5.41, 5.74) is 1.13. The van der Waals surface area contributed by atoms with Crippen LogP contribution in [-0.2, 0) is 6.61 Å². The third-order valence-electron chi connectivity index (χ3n) is 2.41. The molecule has 5 heteroatoms. The molecule has 2 N–H and O–H groups in total. The number of aliphatic hydroxyl groups is 1. The van der Waals surface area contributed by atoms with Gasteiger partial charge in [0.2, 0.25) is 0 Å². The molecular formula is C13H10FN3O. The molecule has 1 heterocycles. The number of hydrogen-bond donors (Lipinski definition) is 2. The number of nitrogens with zero attached hydrogens (tertiary/aromatic N) is 2. The molecule has 90 valence electrons. The zero-order valence-electron chi connectivity index (χ0n) is 9.39. The van der Waals surface area contributed by atoms with E-state index in [2.05, 4.69) is 10.3 Å². The number of pyridine rings is 1. The van der Waals surface area contributed by atoms with Crippen LogP contribution < -0.4 is 5.32 Å². The highest BCUT2D eigenvalue weighted by Gasteiger charge is 2.05. The summed E-state index contributed by atoms with van der Waals surface area (Å²) in [6.45, 7) is -0.150. The Bertz CT molecular complexity index is 607. The van der Waals surface area contributed by atoms with Crippen LogP contribution >= 0.6 is 0 Å². The van der Waals surface area contributed by atoms with Gasteiger partial charge in [0.15, 0.2) is 0 Å². The maximum Gasteiger partial charge on any atom is 0.141 e. The van der Waals surface area contributed by atoms with E-state index >= 15 is 0 Å². The molecule has 18 heavy (non-hydrogen) atoms. The van der Waals surface area contributed by atoms with Crippen LogP contribution in [0.3, 0.4) is 0 Å². The molecule has 0 unspecified atom stereocenters. The van der Waals surface area contributed by atoms with Gasteiger partial charge in [-0.25, -0.2) is 9.37 Å². The fourth-order valence-corrected chi connectivity index (χ4v) is 1.50. The fraction of sp³-hybridized carbons (Fsp3) is 0.0769. The van der Waals surface area contributed by atoms with Gasteiger partial charge in [0.05, 0.1) is 12.2 Å². The Labute approximate surface area is 103 Å². The number of nitrogens with one attached hydrogen (secondary N) is 1. The van der Waals surface area contributed by atoms with E-state index in [9.17, 15) is 4.39 Å². The molecule has 0 spiro atoms. The number of rotatable bonds is 3. The molecule has 2 aromatic rings. The highest BCUT2D eigenvalue weighted by Crippen LogP contribution is 2.20. The van der Waals surface area contributed by atoms with Gasteiger partial charge in [-0.1, -0.05) is 6.07 Å². The SMILES string of the molecule is N#Cc1cc(Nc2ncccc2CO)ccc1F. The molecule has 0 amide bonds. The average molecular weight is 243 g/mol. The first-order valence-corrected chi connectivity index (χ1v) is 5.26. The molecule has 0 radical (unpaired) electrons. The van der Waals surface area contributed by atoms with Crippen molar-refractivity contribution < 1.29 is 9.50 Å². The third kappa shape index (κ3) is 2.44. The molecule has 0 bridgehead atoms. The quantitative estimate of drug-likeness (QED) is 0.868. The van der Waals surface area contributed by atoms with Gasteiger partial charge in [0.25, 0.3) is 0 Å². The molecule has 0 aliphatic rings. The summed E-state index contributed by atoms with van der Waals surface area (Å²) in [6.07, 6.45) is 1.58. The number of hydrogen-bond acceptors (Lipinski definition) is 4. The molecule has 2 rings (SSSR count). The zero-order valence-corrected chi connectivity index (χ0v) is 9.39. The summed E-state index contributed by atoms with van der Waals surface area (Å²) >= 11 is 0. The lowest BCUT2D eigenvalue weighted by atomic mass is 10.2. The van der Waals surface area contributed by atoms with Gasteiger partial charge in [0.1, 0.15) is 17.7 Å². The number of halogens is 1. The largest absolute Gasteiger partial charge is 0.392 e. The Kier molecular flexibility index (Phi) is 3.51. The van der Waals surface area contributed by atoms with Crippen molar-refractivity contribution in [3.8, 4) is 6.07 Å². The van der Waals surface area contributed by atoms with E-state index in [-0.39, 0.29) is 12.2 Å². The molecule has 0 saturated heterocycles. The first-order valence-electron chi connectivity index (χ1n) is 5.26. The van der Waals surface area contributed by atoms with Gasteiger partial charge in [-0.15, -0.1) is 0 Å². The molecule has 4 nitrogen and oxygen atoms in total. The second-order valence-corrected chi connectivity index (χ2v) is 3.60. The lowest BCUT2D eigenvalue weighted by Gasteiger charge is -2.09. The molecular weight excluding hydrogens is 233 g/mol. The zero-order chi connectivity index (χ0) is 13.0. The van der Waals surface area contributed by atoms with E-state index in [0.717, 1.165) is 0 Å². The van der Waals surface area contributed by atoms with Crippen LogP contribution in [0.4, 0.5) is 15.9 Å². The highest BCUT2D eigenvalue weighted by molar-refractivity contribution is 5.61. The monoisotopic (exact) mass is 243 g/mol. The van der Waals surface area contributed by atoms with E-state index in [1.54, 1.807) is 24.4 Å². The van der Waals surface area contributed by atoms with Crippen molar-refractivity contribution in [2.24, 2.45) is 0 Å². The maximum absolute atomic E-state index is 13.1. The summed E-state index contributed by atoms with van der Waals surface area (Å²) in [6, 6.07) is 9.31. The molecule has 0 atom stereocenters. The van der Waals surface area contributed by atoms with Crippen molar-refractivity contribution in [3.05, 3.63) is 53.5 Å². The van der Waals surface area contributed by atoms with Gasteiger partial charge >= 0.3 is 0 Å². The minimum atomic E-state index is -0.563. The van der Waals surface area contributed by atoms with Gasteiger partial charge < -0.3 is 10.4 Å². The van der Waals surface area contributed by atoms with E-state index in [0.29, 0.717) is 17.1 Å². The fourth-order valence-electron chi connectivity index (χ4n) is 1.50. The molecule has 0 aliphatic carbocycles. The number of aromatic nitrogens is 1. The first-order chi connectivity index (χ1) is 8.74. The van der Waals surface area contributed by atoms with Gasteiger partial charge in [0, 0.05) is 17.4 Å². The van der Waals surface area contributed by atoms with E-state index < -0.39 is 5.82 Å². The number of anilines is 2. The minimum Gasteiger partial charge on any atom is -0.392 e. The van der Waals surface area contributed by atoms with E-state index in [4.69, 9.17) is 10.4 Å². The Morgan fingerprint density at radius 2 is 2.22 bits per heavy atom. The summed E-state index contributed by atoms with van der Waals surface area (Å²) in [7, 11) is 0. The van der Waals surface area contributed by atoms with Crippen LogP contribution in [0, 0.1) is 17.1 Å². The highest BCUT2D eigenvalue weighted by atomic mass is 19.1. The molecule has 0 fully saturated rings. The molecule has 0 aliphatic heterocycles. The lowest BCUT2D eigenvalue weighted by Crippen LogP contribution is -1.99. The number of nitriles is 1. The normalized spacial score (nSPS) is 9.83. The van der Waals surface area contributed by atoms with Crippen molar-refractivity contribution >= 4 is 11.5 Å². The van der Waals surface area contributed by atoms with Gasteiger partial charge in [-0.2, -0.15) is 5.26 Å². The van der Waals surface area contributed by atoms with Crippen LogP contribution in [0.5, 0.6) is 0 Å². The Morgan fingerprint density at radius 1 is 1.39 bits per heavy atom. The Morgan fingerprint density at radius 3 is 2.94 bits per heavy atom. The number of aliphatic hydroxyl groups excluding tert-OH is 1. The van der Waals surface area contributed by atoms with Crippen molar-refractivity contribution in [1.29, 1.82) is 5.26 Å². The first kappa shape index (κ1) is 12.0. The predicted octanol–water partition coefficient (Wildman–Crippen LogP) is 2.33. The average Bonchev–Trinajstić information content (AvgIpc) is 2.41. The molecule has 1 aromatic heterocycles. The standard InChI is InChI=1S/C13H10FN3O/c14-12-4-3-11(6-10(12)7-15)17-13-9(8-18)2-1-5-16-13/h1-6,18H,8H2,(H,16,17). The second kappa shape index (κ2) is 5.25. The van der Waals surface area contributed by atoms with Gasteiger partial charge in [-0.3, -0.25) is 0 Å². The number of benzene rings is 1. The summed E-state index contributed by atoms with van der Waals surface area (Å²) < 4.78 is 13.1. The van der Waals surface area contributed by atoms with Crippen molar-refractivity contribution in [1.82, 2.24) is 4.98 Å². The van der Waals surface area contributed by atoms with Crippen LogP contribution in [-0.4, -0.2) is 10.1 Å². The summed E-state index contributed by atoms with van der Waals surface area (Å²) in [5, 5.41) is 20.8. The lowest BCUT2D eigenvalue weighted by molar-refractivity contribution is 0.282. The Balaban J connectivity index is 2.32. The van der Waals surface area contributed by atoms with E-state index in [1.165, 1.54) is 18.2 Å². The Hall–Kier alpha value is -2.45. The van der Waals surface area contributed by atoms with Gasteiger partial charge in [-0.05, 0) is 24.3 Å². The van der Waals surface area contributed by atoms with Crippen LogP contribution in [0.15, 0.2) is 36.5 Å². The van der Waals surface area contributed by atoms with Crippen molar-refractivity contribution in [3.63, 3.8) is 0 Å². The minimum absolute atomic E-state index is 0.0403. The summed E-state index contributed by atoms with van der Waals surface area (Å²) in [5.74, 6) is -0.0815. The second-order valence-electron chi connectivity index (χ2n) is 3.60. The van der Waals surface area contributed by atoms with Crippen LogP contribution in [0.2, 0.25) is 0 Å². The van der Waals surface area contributed by atoms with Crippen LogP contribution in [0.1, 0.15) is 11.1 Å². The predicted molar refractivity (Wildman–Crippen MR) is 64.6 cm³/mol. The topological polar surface area (TPSA) is 68.9 Å². The van der Waals surface area contributed by atoms with E-state index in [1.807, 2.05) is 0 Å². The molecule has 1 aromatic carbocycles. The molecule has 0 saturated carbocycles. The third-order valence-corrected chi connectivity index (χ3v) is 2.41.